The van der Waals surface area contributed by atoms with Crippen LogP contribution in [0.25, 0.3) is 0 Å². The van der Waals surface area contributed by atoms with Crippen molar-refractivity contribution < 1.29 is 4.79 Å². The highest BCUT2D eigenvalue weighted by molar-refractivity contribution is 14.0. The van der Waals surface area contributed by atoms with Crippen LogP contribution >= 0.6 is 24.0 Å². The summed E-state index contributed by atoms with van der Waals surface area (Å²) >= 11 is 0. The lowest BCUT2D eigenvalue weighted by atomic mass is 10.1. The molecule has 0 spiro atoms. The van der Waals surface area contributed by atoms with Crippen LogP contribution in [-0.2, 0) is 17.9 Å². The van der Waals surface area contributed by atoms with Crippen LogP contribution in [0.15, 0.2) is 29.3 Å². The zero-order valence-electron chi connectivity index (χ0n) is 20.8. The molecule has 1 unspecified atom stereocenters. The number of likely N-dealkylation sites (tertiary alicyclic amines) is 1. The van der Waals surface area contributed by atoms with E-state index in [9.17, 15) is 4.79 Å². The summed E-state index contributed by atoms with van der Waals surface area (Å²) < 4.78 is 0. The summed E-state index contributed by atoms with van der Waals surface area (Å²) in [6.07, 6.45) is 0.962. The van der Waals surface area contributed by atoms with Crippen LogP contribution in [0.3, 0.4) is 0 Å². The Labute approximate surface area is 217 Å². The standard InChI is InChI=1S/C25H42N6O.HI/c1-5-26-25(28-23-11-12-31(19-23)24(32)20(3)4)27-17-21-9-7-8-10-22(21)18-30-15-13-29(6-2)14-16-30;/h7-10,20,23H,5-6,11-19H2,1-4H3,(H2,26,27,28);1H. The van der Waals surface area contributed by atoms with Gasteiger partial charge in [-0.05, 0) is 31.0 Å². The van der Waals surface area contributed by atoms with Crippen LogP contribution < -0.4 is 10.6 Å². The quantitative estimate of drug-likeness (QED) is 0.286. The maximum atomic E-state index is 12.3. The van der Waals surface area contributed by atoms with Gasteiger partial charge in [0.05, 0.1) is 6.54 Å². The van der Waals surface area contributed by atoms with Crippen LogP contribution in [0.1, 0.15) is 45.2 Å². The average molecular weight is 571 g/mol. The maximum Gasteiger partial charge on any atom is 0.225 e. The number of hydrogen-bond donors (Lipinski definition) is 2. The molecule has 2 aliphatic rings. The van der Waals surface area contributed by atoms with Crippen LogP contribution in [-0.4, -0.2) is 85.0 Å². The van der Waals surface area contributed by atoms with E-state index in [4.69, 9.17) is 4.99 Å². The Bertz CT molecular complexity index is 763. The van der Waals surface area contributed by atoms with Gasteiger partial charge in [0.1, 0.15) is 0 Å². The van der Waals surface area contributed by atoms with Gasteiger partial charge >= 0.3 is 0 Å². The highest BCUT2D eigenvalue weighted by Gasteiger charge is 2.28. The van der Waals surface area contributed by atoms with Crippen LogP contribution in [0.2, 0.25) is 0 Å². The molecule has 0 radical (unpaired) electrons. The van der Waals surface area contributed by atoms with E-state index in [1.54, 1.807) is 0 Å². The van der Waals surface area contributed by atoms with Gasteiger partial charge in [-0.2, -0.15) is 0 Å². The number of rotatable bonds is 8. The molecule has 2 fully saturated rings. The number of hydrogen-bond acceptors (Lipinski definition) is 4. The summed E-state index contributed by atoms with van der Waals surface area (Å²) in [5, 5.41) is 6.93. The first kappa shape index (κ1) is 27.9. The number of carbonyl (C=O) groups is 1. The number of guanidine groups is 1. The summed E-state index contributed by atoms with van der Waals surface area (Å²) in [7, 11) is 0. The molecule has 186 valence electrons. The lowest BCUT2D eigenvalue weighted by molar-refractivity contribution is -0.133. The Morgan fingerprint density at radius 1 is 1.06 bits per heavy atom. The van der Waals surface area contributed by atoms with Gasteiger partial charge in [0.25, 0.3) is 0 Å². The molecule has 33 heavy (non-hydrogen) atoms. The number of halogens is 1. The molecule has 1 atom stereocenters. The van der Waals surface area contributed by atoms with E-state index in [0.717, 1.165) is 71.3 Å². The van der Waals surface area contributed by atoms with Crippen molar-refractivity contribution in [2.45, 2.75) is 53.2 Å². The highest BCUT2D eigenvalue weighted by Crippen LogP contribution is 2.16. The van der Waals surface area contributed by atoms with Crippen LogP contribution in [0.4, 0.5) is 0 Å². The molecular formula is C25H43IN6O. The molecule has 0 saturated carbocycles. The molecule has 1 amide bonds. The lowest BCUT2D eigenvalue weighted by Gasteiger charge is -2.34. The first-order chi connectivity index (χ1) is 15.5. The molecule has 1 aromatic rings. The minimum atomic E-state index is 0. The average Bonchev–Trinajstić information content (AvgIpc) is 3.26. The molecule has 3 rings (SSSR count). The van der Waals surface area contributed by atoms with Crippen molar-refractivity contribution in [2.24, 2.45) is 10.9 Å². The molecule has 1 aromatic carbocycles. The largest absolute Gasteiger partial charge is 0.357 e. The zero-order valence-corrected chi connectivity index (χ0v) is 23.2. The van der Waals surface area contributed by atoms with Gasteiger partial charge in [-0.3, -0.25) is 9.69 Å². The molecule has 0 aromatic heterocycles. The zero-order chi connectivity index (χ0) is 22.9. The highest BCUT2D eigenvalue weighted by atomic mass is 127. The fourth-order valence-electron chi connectivity index (χ4n) is 4.49. The Hall–Kier alpha value is -1.39. The van der Waals surface area contributed by atoms with Gasteiger partial charge < -0.3 is 20.4 Å². The van der Waals surface area contributed by atoms with E-state index in [0.29, 0.717) is 6.54 Å². The van der Waals surface area contributed by atoms with Crippen molar-refractivity contribution in [3.8, 4) is 0 Å². The third-order valence-electron chi connectivity index (χ3n) is 6.51. The molecule has 2 saturated heterocycles. The number of nitrogens with zero attached hydrogens (tertiary/aromatic N) is 4. The second-order valence-electron chi connectivity index (χ2n) is 9.24. The predicted octanol–water partition coefficient (Wildman–Crippen LogP) is 2.75. The first-order valence-corrected chi connectivity index (χ1v) is 12.3. The Kier molecular flexibility index (Phi) is 11.9. The fraction of sp³-hybridized carbons (Fsp3) is 0.680. The fourth-order valence-corrected chi connectivity index (χ4v) is 4.49. The molecule has 2 aliphatic heterocycles. The van der Waals surface area contributed by atoms with Gasteiger partial charge in [0.15, 0.2) is 5.96 Å². The number of piperazine rings is 1. The van der Waals surface area contributed by atoms with Gasteiger partial charge in [0, 0.05) is 64.3 Å². The number of likely N-dealkylation sites (N-methyl/N-ethyl adjacent to an activating group) is 1. The van der Waals surface area contributed by atoms with E-state index >= 15 is 0 Å². The number of nitrogens with one attached hydrogen (secondary N) is 2. The smallest absolute Gasteiger partial charge is 0.225 e. The third kappa shape index (κ3) is 8.40. The van der Waals surface area contributed by atoms with Crippen molar-refractivity contribution in [3.63, 3.8) is 0 Å². The monoisotopic (exact) mass is 570 g/mol. The number of amides is 1. The van der Waals surface area contributed by atoms with Crippen molar-refractivity contribution >= 4 is 35.8 Å². The second kappa shape index (κ2) is 14.1. The van der Waals surface area contributed by atoms with E-state index in [2.05, 4.69) is 58.5 Å². The van der Waals surface area contributed by atoms with Gasteiger partial charge in [-0.15, -0.1) is 24.0 Å². The number of aliphatic imine (C=N–C) groups is 1. The van der Waals surface area contributed by atoms with Crippen LogP contribution in [0, 0.1) is 5.92 Å². The van der Waals surface area contributed by atoms with E-state index in [1.807, 2.05) is 18.7 Å². The topological polar surface area (TPSA) is 63.2 Å². The molecule has 2 heterocycles. The molecule has 0 bridgehead atoms. The summed E-state index contributed by atoms with van der Waals surface area (Å²) in [5.74, 6) is 1.13. The first-order valence-electron chi connectivity index (χ1n) is 12.3. The molecular weight excluding hydrogens is 527 g/mol. The summed E-state index contributed by atoms with van der Waals surface area (Å²) in [4.78, 5) is 24.2. The predicted molar refractivity (Wildman–Crippen MR) is 147 cm³/mol. The molecule has 7 nitrogen and oxygen atoms in total. The van der Waals surface area contributed by atoms with E-state index in [1.165, 1.54) is 11.1 Å². The Morgan fingerprint density at radius 2 is 1.73 bits per heavy atom. The summed E-state index contributed by atoms with van der Waals surface area (Å²) in [6, 6.07) is 8.93. The van der Waals surface area contributed by atoms with Gasteiger partial charge in [-0.25, -0.2) is 4.99 Å². The van der Waals surface area contributed by atoms with Crippen molar-refractivity contribution in [1.29, 1.82) is 0 Å². The van der Waals surface area contributed by atoms with Gasteiger partial charge in [-0.1, -0.05) is 45.0 Å². The molecule has 8 heteroatoms. The number of carbonyl (C=O) groups excluding carboxylic acids is 1. The lowest BCUT2D eigenvalue weighted by Crippen LogP contribution is -2.45. The SMILES string of the molecule is CCNC(=NCc1ccccc1CN1CCN(CC)CC1)NC1CCN(C(=O)C(C)C)C1.I. The Morgan fingerprint density at radius 3 is 2.36 bits per heavy atom. The number of benzene rings is 1. The minimum Gasteiger partial charge on any atom is -0.357 e. The summed E-state index contributed by atoms with van der Waals surface area (Å²) in [5.41, 5.74) is 2.65. The third-order valence-corrected chi connectivity index (χ3v) is 6.51. The van der Waals surface area contributed by atoms with E-state index < -0.39 is 0 Å². The summed E-state index contributed by atoms with van der Waals surface area (Å²) in [6.45, 7) is 18.0. The molecule has 2 N–H and O–H groups in total. The van der Waals surface area contributed by atoms with Crippen LogP contribution in [0.5, 0.6) is 0 Å². The maximum absolute atomic E-state index is 12.3. The van der Waals surface area contributed by atoms with Crippen molar-refractivity contribution in [3.05, 3.63) is 35.4 Å². The second-order valence-corrected chi connectivity index (χ2v) is 9.24. The minimum absolute atomic E-state index is 0. The van der Waals surface area contributed by atoms with E-state index in [-0.39, 0.29) is 41.8 Å². The van der Waals surface area contributed by atoms with Crippen molar-refractivity contribution in [1.82, 2.24) is 25.3 Å². The molecule has 0 aliphatic carbocycles. The normalized spacial score (nSPS) is 20.1. The Balaban J connectivity index is 0.00000385. The van der Waals surface area contributed by atoms with Crippen molar-refractivity contribution in [2.75, 3.05) is 52.4 Å². The van der Waals surface area contributed by atoms with Gasteiger partial charge in [0.2, 0.25) is 5.91 Å².